The molecule has 0 aromatic carbocycles. The van der Waals surface area contributed by atoms with Gasteiger partial charge in [0.05, 0.1) is 6.04 Å². The van der Waals surface area contributed by atoms with Gasteiger partial charge in [-0.25, -0.2) is 0 Å². The van der Waals surface area contributed by atoms with E-state index in [1.54, 1.807) is 0 Å². The average Bonchev–Trinajstić information content (AvgIpc) is 2.46. The zero-order valence-corrected chi connectivity index (χ0v) is 14.7. The van der Waals surface area contributed by atoms with E-state index >= 15 is 0 Å². The molecule has 1 heterocycles. The summed E-state index contributed by atoms with van der Waals surface area (Å²) in [6, 6.07) is 0.485. The highest BCUT2D eigenvalue weighted by molar-refractivity contribution is 5.82. The highest BCUT2D eigenvalue weighted by Gasteiger charge is 2.27. The second-order valence-electron chi connectivity index (χ2n) is 7.04. The van der Waals surface area contributed by atoms with E-state index in [4.69, 9.17) is 0 Å². The van der Waals surface area contributed by atoms with Gasteiger partial charge in [0.1, 0.15) is 0 Å². The van der Waals surface area contributed by atoms with Gasteiger partial charge in [0.15, 0.2) is 0 Å². The largest absolute Gasteiger partial charge is 0.350 e. The SMILES string of the molecule is CCCN(CC1CCCCN1)C(C)C(=O)NC(C)(C)CC. The normalized spacial score (nSPS) is 21.3. The van der Waals surface area contributed by atoms with E-state index in [-0.39, 0.29) is 17.5 Å². The first kappa shape index (κ1) is 18.4. The number of nitrogens with one attached hydrogen (secondary N) is 2. The third kappa shape index (κ3) is 6.35. The molecule has 0 aromatic rings. The van der Waals surface area contributed by atoms with Gasteiger partial charge in [-0.2, -0.15) is 0 Å². The Bertz CT molecular complexity index is 311. The van der Waals surface area contributed by atoms with Crippen LogP contribution in [0.4, 0.5) is 0 Å². The molecule has 21 heavy (non-hydrogen) atoms. The van der Waals surface area contributed by atoms with Gasteiger partial charge in [-0.3, -0.25) is 9.69 Å². The lowest BCUT2D eigenvalue weighted by Crippen LogP contribution is -2.54. The van der Waals surface area contributed by atoms with Crippen molar-refractivity contribution in [2.45, 2.75) is 84.3 Å². The monoisotopic (exact) mass is 297 g/mol. The van der Waals surface area contributed by atoms with Gasteiger partial charge in [-0.05, 0) is 59.5 Å². The van der Waals surface area contributed by atoms with E-state index in [9.17, 15) is 4.79 Å². The minimum absolute atomic E-state index is 0.0560. The Balaban J connectivity index is 2.58. The lowest BCUT2D eigenvalue weighted by atomic mass is 10.0. The molecule has 0 aliphatic carbocycles. The highest BCUT2D eigenvalue weighted by atomic mass is 16.2. The van der Waals surface area contributed by atoms with E-state index in [0.29, 0.717) is 6.04 Å². The molecule has 0 spiro atoms. The van der Waals surface area contributed by atoms with Crippen molar-refractivity contribution in [2.75, 3.05) is 19.6 Å². The number of carbonyl (C=O) groups excluding carboxylic acids is 1. The lowest BCUT2D eigenvalue weighted by molar-refractivity contribution is -0.127. The van der Waals surface area contributed by atoms with Gasteiger partial charge in [0.25, 0.3) is 0 Å². The summed E-state index contributed by atoms with van der Waals surface area (Å²) in [6.45, 7) is 13.6. The van der Waals surface area contributed by atoms with Crippen LogP contribution in [-0.4, -0.2) is 48.1 Å². The number of carbonyl (C=O) groups is 1. The predicted octanol–water partition coefficient (Wildman–Crippen LogP) is 2.53. The average molecular weight is 297 g/mol. The van der Waals surface area contributed by atoms with E-state index in [1.807, 2.05) is 6.92 Å². The van der Waals surface area contributed by atoms with Gasteiger partial charge in [-0.15, -0.1) is 0 Å². The second kappa shape index (κ2) is 8.74. The minimum Gasteiger partial charge on any atom is -0.350 e. The molecule has 0 aromatic heterocycles. The fourth-order valence-corrected chi connectivity index (χ4v) is 2.79. The van der Waals surface area contributed by atoms with Crippen LogP contribution in [0.2, 0.25) is 0 Å². The molecule has 2 atom stereocenters. The molecule has 4 nitrogen and oxygen atoms in total. The van der Waals surface area contributed by atoms with Crippen LogP contribution in [0, 0.1) is 0 Å². The van der Waals surface area contributed by atoms with Crippen LogP contribution in [-0.2, 0) is 4.79 Å². The van der Waals surface area contributed by atoms with Crippen LogP contribution in [0.5, 0.6) is 0 Å². The van der Waals surface area contributed by atoms with Crippen molar-refractivity contribution in [2.24, 2.45) is 0 Å². The zero-order valence-electron chi connectivity index (χ0n) is 14.7. The van der Waals surface area contributed by atoms with Crippen LogP contribution >= 0.6 is 0 Å². The number of rotatable bonds is 8. The molecule has 1 rings (SSSR count). The van der Waals surface area contributed by atoms with Gasteiger partial charge in [-0.1, -0.05) is 20.3 Å². The van der Waals surface area contributed by atoms with Crippen LogP contribution in [0.1, 0.15) is 66.7 Å². The van der Waals surface area contributed by atoms with Crippen molar-refractivity contribution in [3.05, 3.63) is 0 Å². The number of nitrogens with zero attached hydrogens (tertiary/aromatic N) is 1. The molecule has 1 saturated heterocycles. The summed E-state index contributed by atoms with van der Waals surface area (Å²) in [5.74, 6) is 0.158. The van der Waals surface area contributed by atoms with Gasteiger partial charge in [0, 0.05) is 18.1 Å². The molecule has 2 unspecified atom stereocenters. The van der Waals surface area contributed by atoms with E-state index in [0.717, 1.165) is 32.5 Å². The Kier molecular flexibility index (Phi) is 7.67. The van der Waals surface area contributed by atoms with E-state index in [1.165, 1.54) is 19.3 Å². The van der Waals surface area contributed by atoms with Gasteiger partial charge >= 0.3 is 0 Å². The van der Waals surface area contributed by atoms with Gasteiger partial charge < -0.3 is 10.6 Å². The van der Waals surface area contributed by atoms with Crippen molar-refractivity contribution in [1.82, 2.24) is 15.5 Å². The van der Waals surface area contributed by atoms with Crippen LogP contribution in [0.15, 0.2) is 0 Å². The first-order chi connectivity index (χ1) is 9.89. The number of hydrogen-bond donors (Lipinski definition) is 2. The minimum atomic E-state index is -0.119. The number of amides is 1. The van der Waals surface area contributed by atoms with E-state index < -0.39 is 0 Å². The molecule has 1 aliphatic heterocycles. The molecule has 1 aliphatic rings. The molecule has 0 saturated carbocycles. The maximum atomic E-state index is 12.5. The molecular weight excluding hydrogens is 262 g/mol. The molecule has 2 N–H and O–H groups in total. The summed E-state index contributed by atoms with van der Waals surface area (Å²) in [5, 5.41) is 6.77. The Labute approximate surface area is 131 Å². The number of piperidine rings is 1. The molecule has 124 valence electrons. The van der Waals surface area contributed by atoms with Crippen LogP contribution < -0.4 is 10.6 Å². The van der Waals surface area contributed by atoms with E-state index in [2.05, 4.69) is 43.2 Å². The first-order valence-electron chi connectivity index (χ1n) is 8.69. The number of hydrogen-bond acceptors (Lipinski definition) is 3. The molecule has 1 amide bonds. The topological polar surface area (TPSA) is 44.4 Å². The molecule has 1 fully saturated rings. The van der Waals surface area contributed by atoms with Crippen molar-refractivity contribution in [1.29, 1.82) is 0 Å². The van der Waals surface area contributed by atoms with Gasteiger partial charge in [0.2, 0.25) is 5.91 Å². The maximum absolute atomic E-state index is 12.5. The molecule has 4 heteroatoms. The Morgan fingerprint density at radius 2 is 2.10 bits per heavy atom. The van der Waals surface area contributed by atoms with Crippen molar-refractivity contribution >= 4 is 5.91 Å². The lowest BCUT2D eigenvalue weighted by Gasteiger charge is -2.35. The fourth-order valence-electron chi connectivity index (χ4n) is 2.79. The van der Waals surface area contributed by atoms with Crippen molar-refractivity contribution in [3.8, 4) is 0 Å². The Morgan fingerprint density at radius 1 is 1.38 bits per heavy atom. The van der Waals surface area contributed by atoms with Crippen molar-refractivity contribution in [3.63, 3.8) is 0 Å². The smallest absolute Gasteiger partial charge is 0.237 e. The van der Waals surface area contributed by atoms with Crippen molar-refractivity contribution < 1.29 is 4.79 Å². The summed E-state index contributed by atoms with van der Waals surface area (Å²) >= 11 is 0. The maximum Gasteiger partial charge on any atom is 0.237 e. The standard InChI is InChI=1S/C17H35N3O/c1-6-12-20(13-15-10-8-9-11-18-15)14(3)16(21)19-17(4,5)7-2/h14-15,18H,6-13H2,1-5H3,(H,19,21). The third-order valence-electron chi connectivity index (χ3n) is 4.65. The summed E-state index contributed by atoms with van der Waals surface area (Å²) in [6.07, 6.45) is 5.85. The molecule has 0 bridgehead atoms. The third-order valence-corrected chi connectivity index (χ3v) is 4.65. The van der Waals surface area contributed by atoms with Crippen LogP contribution in [0.25, 0.3) is 0 Å². The Morgan fingerprint density at radius 3 is 2.62 bits per heavy atom. The highest BCUT2D eigenvalue weighted by Crippen LogP contribution is 2.13. The Hall–Kier alpha value is -0.610. The first-order valence-corrected chi connectivity index (χ1v) is 8.69. The summed E-state index contributed by atoms with van der Waals surface area (Å²) in [5.41, 5.74) is -0.119. The van der Waals surface area contributed by atoms with Crippen LogP contribution in [0.3, 0.4) is 0 Å². The zero-order chi connectivity index (χ0) is 15.9. The quantitative estimate of drug-likeness (QED) is 0.723. The molecular formula is C17H35N3O. The fraction of sp³-hybridized carbons (Fsp3) is 0.941. The summed E-state index contributed by atoms with van der Waals surface area (Å²) in [7, 11) is 0. The summed E-state index contributed by atoms with van der Waals surface area (Å²) < 4.78 is 0. The predicted molar refractivity (Wildman–Crippen MR) is 89.5 cm³/mol. The summed E-state index contributed by atoms with van der Waals surface area (Å²) in [4.78, 5) is 14.8. The molecule has 0 radical (unpaired) electrons. The second-order valence-corrected chi connectivity index (χ2v) is 7.04.